The van der Waals surface area contributed by atoms with Crippen molar-refractivity contribution in [1.82, 2.24) is 0 Å². The van der Waals surface area contributed by atoms with Gasteiger partial charge in [-0.05, 0) is 72.7 Å². The highest BCUT2D eigenvalue weighted by molar-refractivity contribution is 5.90. The third-order valence-electron chi connectivity index (χ3n) is 5.02. The van der Waals surface area contributed by atoms with Crippen LogP contribution in [-0.4, -0.2) is 17.1 Å². The van der Waals surface area contributed by atoms with Gasteiger partial charge >= 0.3 is 5.97 Å². The molecule has 3 rings (SSSR count). The molecule has 4 heteroatoms. The maximum atomic E-state index is 13.4. The SMILES string of the molecule is Cc1cc(-c2ccc(NC3CCCC3)cc2)c(C)cc1/C=C(\F)C(=O)O. The molecule has 0 unspecified atom stereocenters. The lowest BCUT2D eigenvalue weighted by Crippen LogP contribution is -2.14. The Hall–Kier alpha value is -2.62. The van der Waals surface area contributed by atoms with Crippen LogP contribution >= 0.6 is 0 Å². The van der Waals surface area contributed by atoms with Crippen molar-refractivity contribution >= 4 is 17.7 Å². The first-order chi connectivity index (χ1) is 12.4. The van der Waals surface area contributed by atoms with Crippen molar-refractivity contribution in [3.05, 3.63) is 58.9 Å². The van der Waals surface area contributed by atoms with E-state index in [9.17, 15) is 9.18 Å². The van der Waals surface area contributed by atoms with E-state index in [1.165, 1.54) is 25.7 Å². The molecular formula is C22H24FNO2. The minimum atomic E-state index is -1.54. The maximum Gasteiger partial charge on any atom is 0.364 e. The van der Waals surface area contributed by atoms with Crippen LogP contribution in [0.1, 0.15) is 42.4 Å². The zero-order valence-electron chi connectivity index (χ0n) is 15.2. The van der Waals surface area contributed by atoms with Crippen LogP contribution in [0.2, 0.25) is 0 Å². The Labute approximate surface area is 153 Å². The topological polar surface area (TPSA) is 49.3 Å². The molecular weight excluding hydrogens is 329 g/mol. The standard InChI is InChI=1S/C22H24FNO2/c1-14-12-20(15(2)11-17(14)13-21(23)22(25)26)16-7-9-19(10-8-16)24-18-5-3-4-6-18/h7-13,18,24H,3-6H2,1-2H3,(H,25,26)/b21-13-. The number of nitrogens with one attached hydrogen (secondary N) is 1. The Morgan fingerprint density at radius 2 is 1.77 bits per heavy atom. The fraction of sp³-hybridized carbons (Fsp3) is 0.318. The summed E-state index contributed by atoms with van der Waals surface area (Å²) >= 11 is 0. The Balaban J connectivity index is 1.83. The third kappa shape index (κ3) is 4.13. The van der Waals surface area contributed by atoms with Gasteiger partial charge in [-0.25, -0.2) is 4.79 Å². The fourth-order valence-electron chi connectivity index (χ4n) is 3.56. The van der Waals surface area contributed by atoms with Crippen LogP contribution in [0.4, 0.5) is 10.1 Å². The number of carboxylic acids is 1. The van der Waals surface area contributed by atoms with Crippen molar-refractivity contribution in [1.29, 1.82) is 0 Å². The first-order valence-electron chi connectivity index (χ1n) is 9.03. The molecule has 3 nitrogen and oxygen atoms in total. The Morgan fingerprint density at radius 3 is 2.38 bits per heavy atom. The molecule has 0 aromatic heterocycles. The summed E-state index contributed by atoms with van der Waals surface area (Å²) in [5, 5.41) is 12.3. The first-order valence-corrected chi connectivity index (χ1v) is 9.03. The van der Waals surface area contributed by atoms with Crippen molar-refractivity contribution in [3.63, 3.8) is 0 Å². The van der Waals surface area contributed by atoms with Gasteiger partial charge in [0.15, 0.2) is 0 Å². The minimum Gasteiger partial charge on any atom is -0.476 e. The Kier molecular flexibility index (Phi) is 5.40. The van der Waals surface area contributed by atoms with Gasteiger partial charge in [-0.1, -0.05) is 37.1 Å². The lowest BCUT2D eigenvalue weighted by molar-refractivity contribution is -0.134. The average molecular weight is 353 g/mol. The second kappa shape index (κ2) is 7.73. The van der Waals surface area contributed by atoms with E-state index in [-0.39, 0.29) is 0 Å². The van der Waals surface area contributed by atoms with Gasteiger partial charge in [0.2, 0.25) is 5.83 Å². The lowest BCUT2D eigenvalue weighted by atomic mass is 9.94. The van der Waals surface area contributed by atoms with E-state index in [4.69, 9.17) is 5.11 Å². The summed E-state index contributed by atoms with van der Waals surface area (Å²) in [6.45, 7) is 3.81. The largest absolute Gasteiger partial charge is 0.476 e. The highest BCUT2D eigenvalue weighted by atomic mass is 19.1. The van der Waals surface area contributed by atoms with Gasteiger partial charge in [-0.3, -0.25) is 0 Å². The molecule has 0 saturated heterocycles. The van der Waals surface area contributed by atoms with E-state index in [1.54, 1.807) is 0 Å². The van der Waals surface area contributed by atoms with Gasteiger partial charge in [-0.2, -0.15) is 4.39 Å². The van der Waals surface area contributed by atoms with Crippen LogP contribution in [0.25, 0.3) is 17.2 Å². The van der Waals surface area contributed by atoms with E-state index in [0.29, 0.717) is 11.6 Å². The van der Waals surface area contributed by atoms with Crippen LogP contribution < -0.4 is 5.32 Å². The number of benzene rings is 2. The molecule has 0 heterocycles. The summed E-state index contributed by atoms with van der Waals surface area (Å²) in [5.74, 6) is -2.70. The monoisotopic (exact) mass is 353 g/mol. The summed E-state index contributed by atoms with van der Waals surface area (Å²) in [6, 6.07) is 12.8. The number of rotatable bonds is 5. The van der Waals surface area contributed by atoms with E-state index in [2.05, 4.69) is 29.6 Å². The fourth-order valence-corrected chi connectivity index (χ4v) is 3.56. The zero-order valence-corrected chi connectivity index (χ0v) is 15.2. The first kappa shape index (κ1) is 18.2. The molecule has 2 aromatic carbocycles. The van der Waals surface area contributed by atoms with Gasteiger partial charge < -0.3 is 10.4 Å². The molecule has 1 aliphatic rings. The third-order valence-corrected chi connectivity index (χ3v) is 5.02. The number of anilines is 1. The van der Waals surface area contributed by atoms with Crippen LogP contribution in [0.3, 0.4) is 0 Å². The molecule has 0 bridgehead atoms. The van der Waals surface area contributed by atoms with Crippen LogP contribution in [0.5, 0.6) is 0 Å². The number of hydrogen-bond donors (Lipinski definition) is 2. The molecule has 2 N–H and O–H groups in total. The van der Waals surface area contributed by atoms with Gasteiger partial charge in [0, 0.05) is 11.7 Å². The molecule has 0 aliphatic heterocycles. The number of halogens is 1. The average Bonchev–Trinajstić information content (AvgIpc) is 3.11. The molecule has 0 radical (unpaired) electrons. The van der Waals surface area contributed by atoms with E-state index in [0.717, 1.165) is 34.0 Å². The molecule has 1 saturated carbocycles. The highest BCUT2D eigenvalue weighted by Gasteiger charge is 2.14. The van der Waals surface area contributed by atoms with Crippen molar-refractivity contribution in [3.8, 4) is 11.1 Å². The number of aliphatic carboxylic acids is 1. The summed E-state index contributed by atoms with van der Waals surface area (Å²) in [5.41, 5.74) is 5.72. The van der Waals surface area contributed by atoms with Crippen LogP contribution in [0, 0.1) is 13.8 Å². The Morgan fingerprint density at radius 1 is 1.12 bits per heavy atom. The molecule has 0 spiro atoms. The molecule has 0 atom stereocenters. The molecule has 1 aliphatic carbocycles. The minimum absolute atomic E-state index is 0.583. The van der Waals surface area contributed by atoms with Crippen molar-refractivity contribution in [2.45, 2.75) is 45.6 Å². The predicted molar refractivity (Wildman–Crippen MR) is 104 cm³/mol. The van der Waals surface area contributed by atoms with Gasteiger partial charge in [0.05, 0.1) is 0 Å². The van der Waals surface area contributed by atoms with Gasteiger partial charge in [-0.15, -0.1) is 0 Å². The normalized spacial score (nSPS) is 15.3. The second-order valence-corrected chi connectivity index (χ2v) is 7.02. The van der Waals surface area contributed by atoms with Crippen molar-refractivity contribution < 1.29 is 14.3 Å². The van der Waals surface area contributed by atoms with Gasteiger partial charge in [0.25, 0.3) is 0 Å². The number of carbonyl (C=O) groups is 1. The smallest absolute Gasteiger partial charge is 0.364 e. The highest BCUT2D eigenvalue weighted by Crippen LogP contribution is 2.29. The summed E-state index contributed by atoms with van der Waals surface area (Å²) < 4.78 is 13.4. The second-order valence-electron chi connectivity index (χ2n) is 7.02. The van der Waals surface area contributed by atoms with Crippen molar-refractivity contribution in [2.75, 3.05) is 5.32 Å². The van der Waals surface area contributed by atoms with E-state index >= 15 is 0 Å². The zero-order chi connectivity index (χ0) is 18.7. The molecule has 1 fully saturated rings. The lowest BCUT2D eigenvalue weighted by Gasteiger charge is -2.15. The summed E-state index contributed by atoms with van der Waals surface area (Å²) in [4.78, 5) is 10.7. The van der Waals surface area contributed by atoms with Crippen LogP contribution in [0.15, 0.2) is 42.2 Å². The van der Waals surface area contributed by atoms with Crippen molar-refractivity contribution in [2.24, 2.45) is 0 Å². The molecule has 0 amide bonds. The van der Waals surface area contributed by atoms with Crippen LogP contribution in [-0.2, 0) is 4.79 Å². The molecule has 26 heavy (non-hydrogen) atoms. The maximum absolute atomic E-state index is 13.4. The predicted octanol–water partition coefficient (Wildman–Crippen LogP) is 5.72. The van der Waals surface area contributed by atoms with Gasteiger partial charge in [0.1, 0.15) is 0 Å². The number of aryl methyl sites for hydroxylation is 2. The Bertz CT molecular complexity index is 834. The van der Waals surface area contributed by atoms with E-state index in [1.807, 2.05) is 26.0 Å². The molecule has 136 valence electrons. The molecule has 2 aromatic rings. The quantitative estimate of drug-likeness (QED) is 0.676. The summed E-state index contributed by atoms with van der Waals surface area (Å²) in [6.07, 6.45) is 6.15. The summed E-state index contributed by atoms with van der Waals surface area (Å²) in [7, 11) is 0. The number of carboxylic acid groups (broad SMARTS) is 1. The number of hydrogen-bond acceptors (Lipinski definition) is 2. The van der Waals surface area contributed by atoms with E-state index < -0.39 is 11.8 Å².